The summed E-state index contributed by atoms with van der Waals surface area (Å²) in [6.07, 6.45) is 0. The Hall–Kier alpha value is -2.71. The Kier molecular flexibility index (Phi) is 3.74. The highest BCUT2D eigenvalue weighted by Crippen LogP contribution is 2.35. The van der Waals surface area contributed by atoms with Crippen LogP contribution in [0, 0.1) is 40.6 Å². The van der Waals surface area contributed by atoms with Crippen molar-refractivity contribution in [2.75, 3.05) is 0 Å². The zero-order chi connectivity index (χ0) is 15.7. The average Bonchev–Trinajstić information content (AvgIpc) is 2.41. The predicted octanol–water partition coefficient (Wildman–Crippen LogP) is 3.65. The third-order valence-corrected chi connectivity index (χ3v) is 2.48. The fourth-order valence-corrected chi connectivity index (χ4v) is 1.52. The fraction of sp³-hybridized carbons (Fsp3) is 0.0833. The van der Waals surface area contributed by atoms with Crippen molar-refractivity contribution < 1.29 is 27.2 Å². The summed E-state index contributed by atoms with van der Waals surface area (Å²) in [6, 6.07) is 3.51. The molecule has 1 aromatic carbocycles. The molecule has 2 aromatic rings. The van der Waals surface area contributed by atoms with Crippen LogP contribution < -0.4 is 4.74 Å². The van der Waals surface area contributed by atoms with Crippen LogP contribution in [0.3, 0.4) is 0 Å². The summed E-state index contributed by atoms with van der Waals surface area (Å²) in [5.41, 5.74) is -0.136. The van der Waals surface area contributed by atoms with E-state index in [1.165, 1.54) is 13.0 Å². The third kappa shape index (κ3) is 2.76. The SMILES string of the molecule is Cc1ccc([N+](=O)[O-])c(Oc2c(F)c(F)nc(F)c2F)c1. The van der Waals surface area contributed by atoms with Crippen molar-refractivity contribution >= 4 is 5.69 Å². The molecule has 9 heteroatoms. The van der Waals surface area contributed by atoms with Crippen molar-refractivity contribution in [3.8, 4) is 11.5 Å². The summed E-state index contributed by atoms with van der Waals surface area (Å²) in [4.78, 5) is 12.3. The second kappa shape index (κ2) is 5.35. The molecule has 0 radical (unpaired) electrons. The summed E-state index contributed by atoms with van der Waals surface area (Å²) < 4.78 is 57.4. The van der Waals surface area contributed by atoms with Crippen LogP contribution in [0.25, 0.3) is 0 Å². The summed E-state index contributed by atoms with van der Waals surface area (Å²) in [7, 11) is 0. The van der Waals surface area contributed by atoms with E-state index in [0.717, 1.165) is 12.1 Å². The van der Waals surface area contributed by atoms with E-state index in [1.807, 2.05) is 0 Å². The molecular weight excluding hydrogens is 296 g/mol. The number of halogens is 4. The average molecular weight is 302 g/mol. The Morgan fingerprint density at radius 3 is 2.24 bits per heavy atom. The van der Waals surface area contributed by atoms with Crippen LogP contribution in [0.2, 0.25) is 0 Å². The van der Waals surface area contributed by atoms with Gasteiger partial charge in [-0.05, 0) is 18.6 Å². The molecule has 0 atom stereocenters. The first-order valence-electron chi connectivity index (χ1n) is 5.44. The van der Waals surface area contributed by atoms with E-state index >= 15 is 0 Å². The highest BCUT2D eigenvalue weighted by molar-refractivity contribution is 5.50. The number of pyridine rings is 1. The second-order valence-electron chi connectivity index (χ2n) is 3.98. The van der Waals surface area contributed by atoms with Crippen molar-refractivity contribution in [1.29, 1.82) is 0 Å². The number of benzene rings is 1. The highest BCUT2D eigenvalue weighted by atomic mass is 19.2. The topological polar surface area (TPSA) is 65.3 Å². The van der Waals surface area contributed by atoms with Crippen molar-refractivity contribution in [3.63, 3.8) is 0 Å². The summed E-state index contributed by atoms with van der Waals surface area (Å²) in [6.45, 7) is 1.54. The smallest absolute Gasteiger partial charge is 0.311 e. The minimum Gasteiger partial charge on any atom is -0.444 e. The molecule has 1 aromatic heterocycles. The molecular formula is C12H6F4N2O3. The maximum Gasteiger partial charge on any atom is 0.311 e. The number of hydrogen-bond donors (Lipinski definition) is 0. The normalized spacial score (nSPS) is 10.5. The molecule has 1 heterocycles. The molecule has 5 nitrogen and oxygen atoms in total. The molecule has 0 unspecified atom stereocenters. The zero-order valence-electron chi connectivity index (χ0n) is 10.4. The number of nitro benzene ring substituents is 1. The third-order valence-electron chi connectivity index (χ3n) is 2.48. The van der Waals surface area contributed by atoms with E-state index in [4.69, 9.17) is 0 Å². The van der Waals surface area contributed by atoms with Crippen LogP contribution in [-0.2, 0) is 0 Å². The first-order valence-corrected chi connectivity index (χ1v) is 5.44. The lowest BCUT2D eigenvalue weighted by Gasteiger charge is -2.09. The molecule has 21 heavy (non-hydrogen) atoms. The van der Waals surface area contributed by atoms with E-state index in [-0.39, 0.29) is 0 Å². The van der Waals surface area contributed by atoms with Gasteiger partial charge in [0, 0.05) is 6.07 Å². The predicted molar refractivity (Wildman–Crippen MR) is 62.0 cm³/mol. The van der Waals surface area contributed by atoms with Gasteiger partial charge in [-0.3, -0.25) is 10.1 Å². The van der Waals surface area contributed by atoms with Gasteiger partial charge in [-0.25, -0.2) is 0 Å². The Morgan fingerprint density at radius 2 is 1.71 bits per heavy atom. The molecule has 2 rings (SSSR count). The summed E-state index contributed by atoms with van der Waals surface area (Å²) >= 11 is 0. The van der Waals surface area contributed by atoms with Crippen molar-refractivity contribution in [2.45, 2.75) is 6.92 Å². The van der Waals surface area contributed by atoms with Gasteiger partial charge >= 0.3 is 5.69 Å². The number of hydrogen-bond acceptors (Lipinski definition) is 4. The number of rotatable bonds is 3. The van der Waals surface area contributed by atoms with Gasteiger partial charge in [0.25, 0.3) is 11.9 Å². The lowest BCUT2D eigenvalue weighted by molar-refractivity contribution is -0.385. The summed E-state index contributed by atoms with van der Waals surface area (Å²) in [5, 5.41) is 10.8. The van der Waals surface area contributed by atoms with Gasteiger partial charge in [0.1, 0.15) is 0 Å². The largest absolute Gasteiger partial charge is 0.444 e. The molecule has 0 amide bonds. The minimum absolute atomic E-state index is 0.478. The van der Waals surface area contributed by atoms with Gasteiger partial charge in [-0.2, -0.15) is 22.5 Å². The van der Waals surface area contributed by atoms with Gasteiger partial charge in [0.05, 0.1) is 4.92 Å². The molecule has 0 saturated heterocycles. The maximum atomic E-state index is 13.4. The molecule has 0 aliphatic heterocycles. The van der Waals surface area contributed by atoms with E-state index in [1.54, 1.807) is 0 Å². The van der Waals surface area contributed by atoms with Crippen molar-refractivity contribution in [1.82, 2.24) is 4.98 Å². The van der Waals surface area contributed by atoms with E-state index < -0.39 is 45.6 Å². The van der Waals surface area contributed by atoms with Gasteiger partial charge in [0.2, 0.25) is 23.1 Å². The van der Waals surface area contributed by atoms with Crippen LogP contribution in [0.1, 0.15) is 5.56 Å². The quantitative estimate of drug-likeness (QED) is 0.376. The first kappa shape index (κ1) is 14.7. The summed E-state index contributed by atoms with van der Waals surface area (Å²) in [5.74, 6) is -9.59. The minimum atomic E-state index is -1.92. The highest BCUT2D eigenvalue weighted by Gasteiger charge is 2.25. The second-order valence-corrected chi connectivity index (χ2v) is 3.98. The Bertz CT molecular complexity index is 711. The van der Waals surface area contributed by atoms with Crippen molar-refractivity contribution in [2.24, 2.45) is 0 Å². The molecule has 0 aliphatic rings. The Labute approximate surface area is 115 Å². The molecule has 0 spiro atoms. The number of aryl methyl sites for hydroxylation is 1. The van der Waals surface area contributed by atoms with Crippen LogP contribution in [0.4, 0.5) is 23.2 Å². The van der Waals surface area contributed by atoms with Crippen LogP contribution in [0.5, 0.6) is 11.5 Å². The van der Waals surface area contributed by atoms with Crippen LogP contribution in [0.15, 0.2) is 18.2 Å². The molecule has 110 valence electrons. The Balaban J connectivity index is 2.58. The van der Waals surface area contributed by atoms with Gasteiger partial charge in [-0.15, -0.1) is 0 Å². The molecule has 0 bridgehead atoms. The fourth-order valence-electron chi connectivity index (χ4n) is 1.52. The maximum absolute atomic E-state index is 13.4. The van der Waals surface area contributed by atoms with E-state index in [0.29, 0.717) is 5.56 Å². The van der Waals surface area contributed by atoms with Crippen molar-refractivity contribution in [3.05, 3.63) is 57.4 Å². The standard InChI is InChI=1S/C12H6F4N2O3/c1-5-2-3-6(18(19)20)7(4-5)21-10-8(13)11(15)17-12(16)9(10)14/h2-4H,1H3. The van der Waals surface area contributed by atoms with Crippen LogP contribution in [-0.4, -0.2) is 9.91 Å². The first-order chi connectivity index (χ1) is 9.81. The number of ether oxygens (including phenoxy) is 1. The zero-order valence-corrected chi connectivity index (χ0v) is 10.4. The monoisotopic (exact) mass is 302 g/mol. The lowest BCUT2D eigenvalue weighted by atomic mass is 10.2. The number of aromatic nitrogens is 1. The Morgan fingerprint density at radius 1 is 1.14 bits per heavy atom. The molecule has 0 saturated carbocycles. The number of nitro groups is 1. The lowest BCUT2D eigenvalue weighted by Crippen LogP contribution is -2.04. The molecule has 0 aliphatic carbocycles. The molecule has 0 fully saturated rings. The van der Waals surface area contributed by atoms with E-state index in [2.05, 4.69) is 9.72 Å². The van der Waals surface area contributed by atoms with Crippen LogP contribution >= 0.6 is 0 Å². The molecule has 0 N–H and O–H groups in total. The van der Waals surface area contributed by atoms with Gasteiger partial charge < -0.3 is 4.74 Å². The van der Waals surface area contributed by atoms with Gasteiger partial charge in [-0.1, -0.05) is 6.07 Å². The van der Waals surface area contributed by atoms with Gasteiger partial charge in [0.15, 0.2) is 0 Å². The van der Waals surface area contributed by atoms with E-state index in [9.17, 15) is 27.7 Å². The number of nitrogens with zero attached hydrogens (tertiary/aromatic N) is 2.